The molecule has 2 N–H and O–H groups in total. The van der Waals surface area contributed by atoms with Crippen LogP contribution >= 0.6 is 0 Å². The van der Waals surface area contributed by atoms with Crippen molar-refractivity contribution in [1.82, 2.24) is 9.78 Å². The first-order chi connectivity index (χ1) is 12.1. The Morgan fingerprint density at radius 1 is 1.24 bits per heavy atom. The van der Waals surface area contributed by atoms with Crippen molar-refractivity contribution >= 4 is 5.97 Å². The van der Waals surface area contributed by atoms with Gasteiger partial charge < -0.3 is 10.5 Å². The predicted octanol–water partition coefficient (Wildman–Crippen LogP) is 4.12. The van der Waals surface area contributed by atoms with E-state index in [9.17, 15) is 4.79 Å². The summed E-state index contributed by atoms with van der Waals surface area (Å²) >= 11 is 0. The maximum atomic E-state index is 12.4. The molecule has 25 heavy (non-hydrogen) atoms. The number of rotatable bonds is 9. The first kappa shape index (κ1) is 19.2. The standard InChI is InChI=1S/C20H29N3O2/c1-4-6-7-8-17(14-21)23-19(20(24)25-5-2)13-18(22-23)16-11-9-15(3)10-12-16/h9-13,17H,4-8,14,21H2,1-3H3. The zero-order chi connectivity index (χ0) is 18.2. The van der Waals surface area contributed by atoms with Crippen LogP contribution in [0.3, 0.4) is 0 Å². The molecule has 1 aromatic heterocycles. The van der Waals surface area contributed by atoms with E-state index >= 15 is 0 Å². The average Bonchev–Trinajstić information content (AvgIpc) is 3.05. The Kier molecular flexibility index (Phi) is 7.19. The van der Waals surface area contributed by atoms with Gasteiger partial charge in [0.2, 0.25) is 0 Å². The van der Waals surface area contributed by atoms with Gasteiger partial charge in [-0.2, -0.15) is 5.10 Å². The van der Waals surface area contributed by atoms with E-state index in [1.165, 1.54) is 5.56 Å². The molecular weight excluding hydrogens is 314 g/mol. The number of aromatic nitrogens is 2. The van der Waals surface area contributed by atoms with Crippen LogP contribution < -0.4 is 5.73 Å². The van der Waals surface area contributed by atoms with Crippen LogP contribution in [-0.2, 0) is 4.74 Å². The molecule has 0 aliphatic carbocycles. The number of hydrogen-bond donors (Lipinski definition) is 1. The van der Waals surface area contributed by atoms with Gasteiger partial charge in [0.25, 0.3) is 0 Å². The summed E-state index contributed by atoms with van der Waals surface area (Å²) in [4.78, 5) is 12.4. The van der Waals surface area contributed by atoms with Crippen molar-refractivity contribution in [2.75, 3.05) is 13.2 Å². The molecule has 0 spiro atoms. The lowest BCUT2D eigenvalue weighted by molar-refractivity contribution is 0.0508. The van der Waals surface area contributed by atoms with Gasteiger partial charge in [-0.25, -0.2) is 4.79 Å². The largest absolute Gasteiger partial charge is 0.461 e. The highest BCUT2D eigenvalue weighted by molar-refractivity contribution is 5.89. The summed E-state index contributed by atoms with van der Waals surface area (Å²) in [5.41, 5.74) is 9.41. The number of nitrogens with zero attached hydrogens (tertiary/aromatic N) is 2. The third-order valence-corrected chi connectivity index (χ3v) is 4.33. The molecule has 1 aromatic carbocycles. The van der Waals surface area contributed by atoms with Crippen molar-refractivity contribution in [2.24, 2.45) is 5.73 Å². The smallest absolute Gasteiger partial charge is 0.356 e. The van der Waals surface area contributed by atoms with Crippen LogP contribution in [0.1, 0.15) is 61.6 Å². The fraction of sp³-hybridized carbons (Fsp3) is 0.500. The van der Waals surface area contributed by atoms with E-state index in [1.54, 1.807) is 11.6 Å². The van der Waals surface area contributed by atoms with E-state index in [4.69, 9.17) is 15.6 Å². The van der Waals surface area contributed by atoms with Crippen molar-refractivity contribution in [3.05, 3.63) is 41.6 Å². The Hall–Kier alpha value is -2.14. The maximum absolute atomic E-state index is 12.4. The number of hydrogen-bond acceptors (Lipinski definition) is 4. The van der Waals surface area contributed by atoms with E-state index in [0.717, 1.165) is 36.9 Å². The Labute approximate surface area is 150 Å². The van der Waals surface area contributed by atoms with Crippen molar-refractivity contribution in [1.29, 1.82) is 0 Å². The highest BCUT2D eigenvalue weighted by atomic mass is 16.5. The quantitative estimate of drug-likeness (QED) is 0.549. The van der Waals surface area contributed by atoms with Crippen LogP contribution in [-0.4, -0.2) is 28.9 Å². The number of carbonyl (C=O) groups excluding carboxylic acids is 1. The van der Waals surface area contributed by atoms with Crippen molar-refractivity contribution in [3.63, 3.8) is 0 Å². The lowest BCUT2D eigenvalue weighted by atomic mass is 10.1. The van der Waals surface area contributed by atoms with Crippen molar-refractivity contribution < 1.29 is 9.53 Å². The van der Waals surface area contributed by atoms with Gasteiger partial charge >= 0.3 is 5.97 Å². The van der Waals surface area contributed by atoms with E-state index < -0.39 is 0 Å². The molecule has 0 saturated heterocycles. The Balaban J connectivity index is 2.37. The fourth-order valence-electron chi connectivity index (χ4n) is 2.87. The summed E-state index contributed by atoms with van der Waals surface area (Å²) in [5, 5.41) is 4.70. The SMILES string of the molecule is CCCCCC(CN)n1nc(-c2ccc(C)cc2)cc1C(=O)OCC. The Morgan fingerprint density at radius 2 is 1.96 bits per heavy atom. The topological polar surface area (TPSA) is 70.1 Å². The highest BCUT2D eigenvalue weighted by Gasteiger charge is 2.22. The number of carbonyl (C=O) groups is 1. The second-order valence-corrected chi connectivity index (χ2v) is 6.33. The van der Waals surface area contributed by atoms with Crippen LogP contribution in [0.5, 0.6) is 0 Å². The van der Waals surface area contributed by atoms with Gasteiger partial charge in [0.05, 0.1) is 18.3 Å². The van der Waals surface area contributed by atoms with Gasteiger partial charge in [-0.15, -0.1) is 0 Å². The minimum Gasteiger partial charge on any atom is -0.461 e. The van der Waals surface area contributed by atoms with E-state index in [-0.39, 0.29) is 12.0 Å². The second kappa shape index (κ2) is 9.37. The van der Waals surface area contributed by atoms with Crippen molar-refractivity contribution in [3.8, 4) is 11.3 Å². The lowest BCUT2D eigenvalue weighted by Crippen LogP contribution is -2.24. The van der Waals surface area contributed by atoms with Gasteiger partial charge in [0.1, 0.15) is 5.69 Å². The third-order valence-electron chi connectivity index (χ3n) is 4.33. The molecule has 1 unspecified atom stereocenters. The van der Waals surface area contributed by atoms with Crippen LogP contribution in [0.2, 0.25) is 0 Å². The van der Waals surface area contributed by atoms with Crippen LogP contribution in [0.15, 0.2) is 30.3 Å². The molecule has 0 aliphatic rings. The molecule has 1 atom stereocenters. The fourth-order valence-corrected chi connectivity index (χ4v) is 2.87. The second-order valence-electron chi connectivity index (χ2n) is 6.33. The maximum Gasteiger partial charge on any atom is 0.356 e. The molecule has 2 rings (SSSR count). The van der Waals surface area contributed by atoms with Gasteiger partial charge in [-0.1, -0.05) is 56.0 Å². The first-order valence-electron chi connectivity index (χ1n) is 9.14. The molecule has 0 radical (unpaired) electrons. The highest BCUT2D eigenvalue weighted by Crippen LogP contribution is 2.24. The average molecular weight is 343 g/mol. The molecular formula is C20H29N3O2. The molecule has 2 aromatic rings. The molecule has 0 fully saturated rings. The number of esters is 1. The third kappa shape index (κ3) is 4.92. The van der Waals surface area contributed by atoms with Crippen molar-refractivity contribution in [2.45, 2.75) is 52.5 Å². The van der Waals surface area contributed by atoms with Crippen LogP contribution in [0.4, 0.5) is 0 Å². The monoisotopic (exact) mass is 343 g/mol. The minimum atomic E-state index is -0.345. The number of unbranched alkanes of at least 4 members (excludes halogenated alkanes) is 2. The predicted molar refractivity (Wildman–Crippen MR) is 101 cm³/mol. The van der Waals surface area contributed by atoms with Gasteiger partial charge in [0, 0.05) is 12.1 Å². The Morgan fingerprint density at radius 3 is 2.56 bits per heavy atom. The van der Waals surface area contributed by atoms with Gasteiger partial charge in [-0.3, -0.25) is 4.68 Å². The van der Waals surface area contributed by atoms with E-state index in [1.807, 2.05) is 37.3 Å². The Bertz CT molecular complexity index is 677. The zero-order valence-corrected chi connectivity index (χ0v) is 15.5. The summed E-state index contributed by atoms with van der Waals surface area (Å²) in [6.45, 7) is 6.81. The molecule has 5 nitrogen and oxygen atoms in total. The van der Waals surface area contributed by atoms with Gasteiger partial charge in [0.15, 0.2) is 0 Å². The molecule has 136 valence electrons. The number of ether oxygens (including phenoxy) is 1. The first-order valence-corrected chi connectivity index (χ1v) is 9.14. The summed E-state index contributed by atoms with van der Waals surface area (Å²) in [6, 6.07) is 9.94. The lowest BCUT2D eigenvalue weighted by Gasteiger charge is -2.17. The number of aryl methyl sites for hydroxylation is 1. The summed E-state index contributed by atoms with van der Waals surface area (Å²) in [6.07, 6.45) is 4.28. The summed E-state index contributed by atoms with van der Waals surface area (Å²) in [7, 11) is 0. The number of nitrogens with two attached hydrogens (primary N) is 1. The molecule has 0 amide bonds. The number of benzene rings is 1. The minimum absolute atomic E-state index is 0.00477. The summed E-state index contributed by atoms with van der Waals surface area (Å²) < 4.78 is 6.98. The molecule has 5 heteroatoms. The van der Waals surface area contributed by atoms with Gasteiger partial charge in [-0.05, 0) is 26.3 Å². The molecule has 0 bridgehead atoms. The summed E-state index contributed by atoms with van der Waals surface area (Å²) in [5.74, 6) is -0.345. The van der Waals surface area contributed by atoms with E-state index in [0.29, 0.717) is 18.8 Å². The van der Waals surface area contributed by atoms with E-state index in [2.05, 4.69) is 6.92 Å². The van der Waals surface area contributed by atoms with Crippen LogP contribution in [0.25, 0.3) is 11.3 Å². The normalized spacial score (nSPS) is 12.2. The van der Waals surface area contributed by atoms with Crippen LogP contribution in [0, 0.1) is 6.92 Å². The molecule has 0 saturated carbocycles. The zero-order valence-electron chi connectivity index (χ0n) is 15.5. The molecule has 0 aliphatic heterocycles. The molecule has 1 heterocycles.